The summed E-state index contributed by atoms with van der Waals surface area (Å²) in [5.41, 5.74) is 1.80. The lowest BCUT2D eigenvalue weighted by Gasteiger charge is -2.43. The predicted molar refractivity (Wildman–Crippen MR) is 108 cm³/mol. The molecule has 26 heavy (non-hydrogen) atoms. The fourth-order valence-electron chi connectivity index (χ4n) is 7.17. The lowest BCUT2D eigenvalue weighted by Crippen LogP contribution is -2.58. The van der Waals surface area contributed by atoms with E-state index in [0.717, 1.165) is 24.4 Å². The molecule has 1 aromatic carbocycles. The van der Waals surface area contributed by atoms with E-state index in [0.29, 0.717) is 11.6 Å². The van der Waals surface area contributed by atoms with Gasteiger partial charge in [-0.15, -0.1) is 0 Å². The molecule has 2 heteroatoms. The van der Waals surface area contributed by atoms with Crippen LogP contribution in [0.4, 0.5) is 0 Å². The number of unbranched alkanes of at least 4 members (excludes halogenated alkanes) is 3. The van der Waals surface area contributed by atoms with Crippen LogP contribution in [0, 0.1) is 17.8 Å². The van der Waals surface area contributed by atoms with E-state index in [1.807, 2.05) is 0 Å². The van der Waals surface area contributed by atoms with Gasteiger partial charge < -0.3 is 9.22 Å². The maximum atomic E-state index is 6.59. The van der Waals surface area contributed by atoms with Crippen LogP contribution < -0.4 is 0 Å². The van der Waals surface area contributed by atoms with Crippen molar-refractivity contribution in [3.63, 3.8) is 0 Å². The third-order valence-electron chi connectivity index (χ3n) is 8.36. The van der Waals surface area contributed by atoms with E-state index in [1.165, 1.54) is 68.2 Å². The molecule has 3 aliphatic rings. The second-order valence-electron chi connectivity index (χ2n) is 9.62. The number of rotatable bonds is 8. The van der Waals surface area contributed by atoms with Crippen LogP contribution in [0.3, 0.4) is 0 Å². The Kier molecular flexibility index (Phi) is 5.18. The molecule has 6 atom stereocenters. The van der Waals surface area contributed by atoms with Crippen LogP contribution in [0.2, 0.25) is 0 Å². The molecule has 0 spiro atoms. The van der Waals surface area contributed by atoms with E-state index in [4.69, 9.17) is 4.74 Å². The van der Waals surface area contributed by atoms with Crippen LogP contribution in [0.1, 0.15) is 64.9 Å². The average molecular weight is 357 g/mol. The van der Waals surface area contributed by atoms with Crippen LogP contribution in [0.25, 0.3) is 0 Å². The molecule has 0 bridgehead atoms. The number of benzene rings is 1. The first-order valence-corrected chi connectivity index (χ1v) is 11.1. The molecular formula is C24H38NO+. The van der Waals surface area contributed by atoms with Gasteiger partial charge in [0.15, 0.2) is 0 Å². The highest BCUT2D eigenvalue weighted by Crippen LogP contribution is 2.62. The van der Waals surface area contributed by atoms with Crippen LogP contribution in [0.15, 0.2) is 30.3 Å². The fourth-order valence-corrected chi connectivity index (χ4v) is 7.17. The Bertz CT molecular complexity index is 601. The van der Waals surface area contributed by atoms with Gasteiger partial charge in [-0.05, 0) is 38.2 Å². The fraction of sp³-hybridized carbons (Fsp3) is 0.750. The van der Waals surface area contributed by atoms with Gasteiger partial charge in [0.05, 0.1) is 19.7 Å². The van der Waals surface area contributed by atoms with E-state index in [1.54, 1.807) is 0 Å². The summed E-state index contributed by atoms with van der Waals surface area (Å²) < 4.78 is 7.96. The van der Waals surface area contributed by atoms with E-state index in [-0.39, 0.29) is 0 Å². The highest BCUT2D eigenvalue weighted by atomic mass is 16.5. The average Bonchev–Trinajstić information content (AvgIpc) is 3.19. The molecule has 2 saturated heterocycles. The minimum Gasteiger partial charge on any atom is -0.367 e. The third kappa shape index (κ3) is 2.85. The maximum Gasteiger partial charge on any atom is 0.116 e. The Hall–Kier alpha value is -0.860. The highest BCUT2D eigenvalue weighted by molar-refractivity contribution is 5.14. The zero-order valence-corrected chi connectivity index (χ0v) is 17.1. The largest absolute Gasteiger partial charge is 0.367 e. The standard InChI is InChI=1S/C24H38NO/c1-4-5-6-10-15-25-16-19(2)21-13-14-22(24(21,25)3)23(17-25)26-18-20-11-8-7-9-12-20/h7-9,11-12,19,21-23H,4-6,10,13-18H2,1-3H3/q+1/t19-,21+,22-,23-,24-,25+/m1/s1. The zero-order chi connectivity index (χ0) is 18.2. The van der Waals surface area contributed by atoms with Gasteiger partial charge in [-0.3, -0.25) is 0 Å². The summed E-state index contributed by atoms with van der Waals surface area (Å²) in [5, 5.41) is 0. The normalized spacial score (nSPS) is 40.9. The first-order chi connectivity index (χ1) is 12.6. The molecule has 1 aliphatic carbocycles. The van der Waals surface area contributed by atoms with Crippen LogP contribution in [-0.4, -0.2) is 35.8 Å². The van der Waals surface area contributed by atoms with E-state index >= 15 is 0 Å². The molecule has 0 N–H and O–H groups in total. The molecule has 3 fully saturated rings. The molecule has 1 saturated carbocycles. The van der Waals surface area contributed by atoms with Crippen molar-refractivity contribution in [2.75, 3.05) is 19.6 Å². The SMILES string of the molecule is CCCCCC[N@+]12C[C@@H](C)[C@@H]3CC[C@H]([C@H](OCc4ccccc4)C1)[C@@]32C. The Morgan fingerprint density at radius 3 is 2.58 bits per heavy atom. The molecule has 2 nitrogen and oxygen atoms in total. The molecule has 0 radical (unpaired) electrons. The number of ether oxygens (including phenoxy) is 1. The van der Waals surface area contributed by atoms with Gasteiger partial charge >= 0.3 is 0 Å². The quantitative estimate of drug-likeness (QED) is 0.446. The summed E-state index contributed by atoms with van der Waals surface area (Å²) in [6, 6.07) is 10.7. The van der Waals surface area contributed by atoms with Crippen molar-refractivity contribution in [1.82, 2.24) is 0 Å². The Morgan fingerprint density at radius 1 is 1.04 bits per heavy atom. The lowest BCUT2D eigenvalue weighted by molar-refractivity contribution is -0.954. The Labute approximate surface area is 160 Å². The Morgan fingerprint density at radius 2 is 1.81 bits per heavy atom. The molecule has 2 heterocycles. The van der Waals surface area contributed by atoms with Crippen LogP contribution in [-0.2, 0) is 11.3 Å². The molecule has 0 aromatic heterocycles. The van der Waals surface area contributed by atoms with Crippen molar-refractivity contribution in [2.45, 2.75) is 77.5 Å². The van der Waals surface area contributed by atoms with E-state index in [2.05, 4.69) is 51.1 Å². The van der Waals surface area contributed by atoms with Gasteiger partial charge in [0.2, 0.25) is 0 Å². The summed E-state index contributed by atoms with van der Waals surface area (Å²) in [6.07, 6.45) is 8.83. The topological polar surface area (TPSA) is 9.23 Å². The summed E-state index contributed by atoms with van der Waals surface area (Å²) in [4.78, 5) is 0. The predicted octanol–water partition coefficient (Wildman–Crippen LogP) is 5.42. The van der Waals surface area contributed by atoms with Crippen molar-refractivity contribution in [2.24, 2.45) is 17.8 Å². The summed E-state index contributed by atoms with van der Waals surface area (Å²) in [6.45, 7) is 12.3. The minimum absolute atomic E-state index is 0.462. The van der Waals surface area contributed by atoms with Gasteiger partial charge in [-0.1, -0.05) is 57.0 Å². The summed E-state index contributed by atoms with van der Waals surface area (Å²) in [7, 11) is 0. The number of hydrogen-bond acceptors (Lipinski definition) is 1. The van der Waals surface area contributed by atoms with E-state index in [9.17, 15) is 0 Å². The number of hydrogen-bond donors (Lipinski definition) is 0. The van der Waals surface area contributed by atoms with E-state index < -0.39 is 0 Å². The molecule has 4 rings (SSSR count). The van der Waals surface area contributed by atoms with Crippen molar-refractivity contribution < 1.29 is 9.22 Å². The summed E-state index contributed by atoms with van der Waals surface area (Å²) >= 11 is 0. The molecule has 144 valence electrons. The van der Waals surface area contributed by atoms with Gasteiger partial charge in [-0.25, -0.2) is 0 Å². The highest BCUT2D eigenvalue weighted by Gasteiger charge is 2.72. The molecule has 2 aliphatic heterocycles. The minimum atomic E-state index is 0.462. The summed E-state index contributed by atoms with van der Waals surface area (Å²) in [5.74, 6) is 2.59. The van der Waals surface area contributed by atoms with Gasteiger partial charge in [0.25, 0.3) is 0 Å². The molecule has 1 aromatic rings. The first kappa shape index (κ1) is 18.5. The van der Waals surface area contributed by atoms with Crippen molar-refractivity contribution >= 4 is 0 Å². The monoisotopic (exact) mass is 356 g/mol. The maximum absolute atomic E-state index is 6.59. The molecule has 0 amide bonds. The Balaban J connectivity index is 1.49. The van der Waals surface area contributed by atoms with Crippen LogP contribution >= 0.6 is 0 Å². The van der Waals surface area contributed by atoms with Gasteiger partial charge in [0.1, 0.15) is 18.2 Å². The smallest absolute Gasteiger partial charge is 0.116 e. The number of quaternary nitrogens is 1. The van der Waals surface area contributed by atoms with Crippen molar-refractivity contribution in [3.05, 3.63) is 35.9 Å². The molecular weight excluding hydrogens is 318 g/mol. The zero-order valence-electron chi connectivity index (χ0n) is 17.1. The van der Waals surface area contributed by atoms with Gasteiger partial charge in [0, 0.05) is 17.8 Å². The number of nitrogens with zero attached hydrogens (tertiary/aromatic N) is 1. The van der Waals surface area contributed by atoms with Crippen molar-refractivity contribution in [1.29, 1.82) is 0 Å². The third-order valence-corrected chi connectivity index (χ3v) is 8.36. The van der Waals surface area contributed by atoms with Crippen molar-refractivity contribution in [3.8, 4) is 0 Å². The van der Waals surface area contributed by atoms with Gasteiger partial charge in [-0.2, -0.15) is 0 Å². The molecule has 0 unspecified atom stereocenters. The van der Waals surface area contributed by atoms with Crippen LogP contribution in [0.5, 0.6) is 0 Å². The first-order valence-electron chi connectivity index (χ1n) is 11.1. The second kappa shape index (κ2) is 7.28. The lowest BCUT2D eigenvalue weighted by atomic mass is 9.80. The second-order valence-corrected chi connectivity index (χ2v) is 9.62.